The van der Waals surface area contributed by atoms with Crippen molar-refractivity contribution in [2.75, 3.05) is 17.1 Å². The summed E-state index contributed by atoms with van der Waals surface area (Å²) in [7, 11) is -3.74. The molecule has 1 amide bonds. The third-order valence-electron chi connectivity index (χ3n) is 4.63. The first-order chi connectivity index (χ1) is 16.1. The van der Waals surface area contributed by atoms with E-state index in [9.17, 15) is 18.0 Å². The van der Waals surface area contributed by atoms with E-state index in [0.717, 1.165) is 10.6 Å². The van der Waals surface area contributed by atoms with Crippen molar-refractivity contribution in [3.63, 3.8) is 0 Å². The Labute approximate surface area is 202 Å². The van der Waals surface area contributed by atoms with Gasteiger partial charge in [-0.25, -0.2) is 18.6 Å². The number of halogens is 1. The second-order valence-electron chi connectivity index (χ2n) is 7.32. The monoisotopic (exact) mass is 499 g/mol. The van der Waals surface area contributed by atoms with E-state index in [-0.39, 0.29) is 0 Å². The van der Waals surface area contributed by atoms with Gasteiger partial charge in [0.05, 0.1) is 23.7 Å². The standard InChI is InChI=1S/C24H22ClN3O5S/c1-17-8-11-20(25)14-22(17)28(34(2,31)32)16-23(29)27-26-15-18-9-12-21(13-10-18)33-24(30)19-6-4-3-5-7-19/h3-15H,16H2,1-2H3,(H,27,29)/b26-15-. The molecule has 0 unspecified atom stereocenters. The summed E-state index contributed by atoms with van der Waals surface area (Å²) < 4.78 is 30.8. The van der Waals surface area contributed by atoms with Crippen molar-refractivity contribution in [2.24, 2.45) is 5.10 Å². The van der Waals surface area contributed by atoms with Crippen LogP contribution in [0.2, 0.25) is 5.02 Å². The Hall–Kier alpha value is -3.69. The van der Waals surface area contributed by atoms with Crippen LogP contribution >= 0.6 is 11.6 Å². The number of carbonyl (C=O) groups is 2. The first-order valence-electron chi connectivity index (χ1n) is 10.1. The molecule has 0 aromatic heterocycles. The van der Waals surface area contributed by atoms with Crippen molar-refractivity contribution in [1.82, 2.24) is 5.43 Å². The van der Waals surface area contributed by atoms with Gasteiger partial charge in [-0.15, -0.1) is 0 Å². The molecule has 1 N–H and O–H groups in total. The zero-order valence-electron chi connectivity index (χ0n) is 18.4. The molecule has 0 fully saturated rings. The molecule has 10 heteroatoms. The van der Waals surface area contributed by atoms with E-state index in [1.165, 1.54) is 12.3 Å². The molecule has 0 bridgehead atoms. The highest BCUT2D eigenvalue weighted by molar-refractivity contribution is 7.92. The van der Waals surface area contributed by atoms with Gasteiger partial charge in [-0.2, -0.15) is 5.10 Å². The number of benzene rings is 3. The lowest BCUT2D eigenvalue weighted by Crippen LogP contribution is -2.39. The maximum absolute atomic E-state index is 12.3. The Morgan fingerprint density at radius 3 is 2.38 bits per heavy atom. The van der Waals surface area contributed by atoms with Gasteiger partial charge in [-0.3, -0.25) is 9.10 Å². The van der Waals surface area contributed by atoms with Crippen LogP contribution in [-0.2, 0) is 14.8 Å². The van der Waals surface area contributed by atoms with Crippen LogP contribution in [0.4, 0.5) is 5.69 Å². The largest absolute Gasteiger partial charge is 0.423 e. The number of amides is 1. The Morgan fingerprint density at radius 2 is 1.74 bits per heavy atom. The number of anilines is 1. The van der Waals surface area contributed by atoms with Gasteiger partial charge in [0.25, 0.3) is 5.91 Å². The summed E-state index contributed by atoms with van der Waals surface area (Å²) in [5, 5.41) is 4.22. The summed E-state index contributed by atoms with van der Waals surface area (Å²) >= 11 is 6.00. The van der Waals surface area contributed by atoms with Gasteiger partial charge in [-0.1, -0.05) is 35.9 Å². The second-order valence-corrected chi connectivity index (χ2v) is 9.66. The Balaban J connectivity index is 1.60. The number of hydrazone groups is 1. The van der Waals surface area contributed by atoms with Gasteiger partial charge in [-0.05, 0) is 66.6 Å². The number of hydrogen-bond acceptors (Lipinski definition) is 6. The van der Waals surface area contributed by atoms with Crippen LogP contribution in [0.15, 0.2) is 77.9 Å². The summed E-state index contributed by atoms with van der Waals surface area (Å²) in [6, 6.07) is 19.9. The van der Waals surface area contributed by atoms with Crippen molar-refractivity contribution in [3.05, 3.63) is 94.5 Å². The molecule has 176 valence electrons. The summed E-state index contributed by atoms with van der Waals surface area (Å²) in [5.41, 5.74) is 4.35. The van der Waals surface area contributed by atoms with Crippen molar-refractivity contribution in [1.29, 1.82) is 0 Å². The minimum Gasteiger partial charge on any atom is -0.423 e. The van der Waals surface area contributed by atoms with Crippen molar-refractivity contribution in [3.8, 4) is 5.75 Å². The lowest BCUT2D eigenvalue weighted by atomic mass is 10.2. The van der Waals surface area contributed by atoms with Crippen LogP contribution in [0.3, 0.4) is 0 Å². The van der Waals surface area contributed by atoms with E-state index in [0.29, 0.717) is 33.1 Å². The van der Waals surface area contributed by atoms with Crippen LogP contribution in [0.1, 0.15) is 21.5 Å². The molecular formula is C24H22ClN3O5S. The minimum atomic E-state index is -3.74. The molecule has 3 aromatic rings. The molecule has 0 spiro atoms. The summed E-state index contributed by atoms with van der Waals surface area (Å²) in [5.74, 6) is -0.746. The quantitative estimate of drug-likeness (QED) is 0.220. The van der Waals surface area contributed by atoms with Gasteiger partial charge < -0.3 is 4.74 Å². The summed E-state index contributed by atoms with van der Waals surface area (Å²) in [4.78, 5) is 24.4. The molecule has 0 radical (unpaired) electrons. The van der Waals surface area contributed by atoms with E-state index in [2.05, 4.69) is 10.5 Å². The molecule has 0 aliphatic carbocycles. The van der Waals surface area contributed by atoms with E-state index < -0.39 is 28.4 Å². The molecular weight excluding hydrogens is 478 g/mol. The second kappa shape index (κ2) is 11.0. The third-order valence-corrected chi connectivity index (χ3v) is 5.99. The Bertz CT molecular complexity index is 1310. The van der Waals surface area contributed by atoms with Crippen LogP contribution in [-0.4, -0.2) is 39.3 Å². The van der Waals surface area contributed by atoms with E-state index in [1.54, 1.807) is 73.7 Å². The van der Waals surface area contributed by atoms with Gasteiger partial charge in [0.1, 0.15) is 12.3 Å². The molecule has 0 heterocycles. The van der Waals surface area contributed by atoms with Gasteiger partial charge in [0.2, 0.25) is 10.0 Å². The normalized spacial score (nSPS) is 11.3. The van der Waals surface area contributed by atoms with Crippen LogP contribution in [0.25, 0.3) is 0 Å². The first kappa shape index (κ1) is 24.9. The predicted molar refractivity (Wildman–Crippen MR) is 132 cm³/mol. The zero-order chi connectivity index (χ0) is 24.7. The molecule has 0 aliphatic heterocycles. The minimum absolute atomic E-state index is 0.315. The molecule has 3 aromatic carbocycles. The highest BCUT2D eigenvalue weighted by atomic mass is 35.5. The molecule has 0 saturated carbocycles. The molecule has 34 heavy (non-hydrogen) atoms. The number of aryl methyl sites for hydroxylation is 1. The number of hydrogen-bond donors (Lipinski definition) is 1. The average Bonchev–Trinajstić information content (AvgIpc) is 2.80. The number of nitrogens with zero attached hydrogens (tertiary/aromatic N) is 2. The average molecular weight is 500 g/mol. The van der Waals surface area contributed by atoms with Crippen molar-refractivity contribution >= 4 is 45.4 Å². The highest BCUT2D eigenvalue weighted by Gasteiger charge is 2.22. The third kappa shape index (κ3) is 6.90. The maximum Gasteiger partial charge on any atom is 0.343 e. The van der Waals surface area contributed by atoms with Gasteiger partial charge >= 0.3 is 5.97 Å². The lowest BCUT2D eigenvalue weighted by molar-refractivity contribution is -0.119. The fourth-order valence-corrected chi connectivity index (χ4v) is 4.01. The number of carbonyl (C=O) groups excluding carboxylic acids is 2. The molecule has 0 saturated heterocycles. The van der Waals surface area contributed by atoms with Crippen LogP contribution < -0.4 is 14.5 Å². The van der Waals surface area contributed by atoms with Crippen LogP contribution in [0, 0.1) is 6.92 Å². The predicted octanol–water partition coefficient (Wildman–Crippen LogP) is 3.78. The Kier molecular flexibility index (Phi) is 8.04. The van der Waals surface area contributed by atoms with E-state index >= 15 is 0 Å². The SMILES string of the molecule is Cc1ccc(Cl)cc1N(CC(=O)N/N=C\c1ccc(OC(=O)c2ccccc2)cc1)S(C)(=O)=O. The number of sulfonamides is 1. The smallest absolute Gasteiger partial charge is 0.343 e. The van der Waals surface area contributed by atoms with Gasteiger partial charge in [0.15, 0.2) is 0 Å². The molecule has 3 rings (SSSR count). The summed E-state index contributed by atoms with van der Waals surface area (Å²) in [6.45, 7) is 1.26. The number of esters is 1. The first-order valence-corrected chi connectivity index (χ1v) is 12.3. The fraction of sp³-hybridized carbons (Fsp3) is 0.125. The number of nitrogens with one attached hydrogen (secondary N) is 1. The summed E-state index contributed by atoms with van der Waals surface area (Å²) in [6.07, 6.45) is 2.40. The van der Waals surface area contributed by atoms with Gasteiger partial charge in [0, 0.05) is 5.02 Å². The van der Waals surface area contributed by atoms with E-state index in [4.69, 9.17) is 16.3 Å². The lowest BCUT2D eigenvalue weighted by Gasteiger charge is -2.23. The van der Waals surface area contributed by atoms with Crippen molar-refractivity contribution in [2.45, 2.75) is 6.92 Å². The maximum atomic E-state index is 12.3. The number of ether oxygens (including phenoxy) is 1. The Morgan fingerprint density at radius 1 is 1.06 bits per heavy atom. The molecule has 8 nitrogen and oxygen atoms in total. The fourth-order valence-electron chi connectivity index (χ4n) is 2.94. The topological polar surface area (TPSA) is 105 Å². The van der Waals surface area contributed by atoms with Crippen molar-refractivity contribution < 1.29 is 22.7 Å². The zero-order valence-corrected chi connectivity index (χ0v) is 20.0. The van der Waals surface area contributed by atoms with Crippen LogP contribution in [0.5, 0.6) is 5.75 Å². The highest BCUT2D eigenvalue weighted by Crippen LogP contribution is 2.26. The molecule has 0 atom stereocenters. The molecule has 0 aliphatic rings. The van der Waals surface area contributed by atoms with E-state index in [1.807, 2.05) is 0 Å². The number of rotatable bonds is 8.